The Morgan fingerprint density at radius 3 is 1.40 bits per heavy atom. The molecule has 296 valence electrons. The third-order valence-electron chi connectivity index (χ3n) is 12.5. The molecule has 0 radical (unpaired) electrons. The largest absolute Gasteiger partial charge is 0.310 e. The standard InChI is InChI=1S/C60H41N3/c1-6-19-42(20-7-1)45-33-36-52-53-40-48(34-37-56(53)63(59(52)39-45)47-27-14-5-15-28-47)61(55-31-17-16-29-50(55)43-21-8-2-9-22-43)49-35-38-57-54(41-49)60-51(44-23-10-3-11-24-44)30-18-32-58(60)62(57)46-25-12-4-13-26-46/h1-41H. The van der Waals surface area contributed by atoms with E-state index in [9.17, 15) is 0 Å². The van der Waals surface area contributed by atoms with Crippen molar-refractivity contribution in [2.24, 2.45) is 0 Å². The number of para-hydroxylation sites is 3. The van der Waals surface area contributed by atoms with Gasteiger partial charge in [-0.15, -0.1) is 0 Å². The summed E-state index contributed by atoms with van der Waals surface area (Å²) < 4.78 is 4.83. The summed E-state index contributed by atoms with van der Waals surface area (Å²) in [5.74, 6) is 0. The summed E-state index contributed by atoms with van der Waals surface area (Å²) in [7, 11) is 0. The minimum Gasteiger partial charge on any atom is -0.310 e. The summed E-state index contributed by atoms with van der Waals surface area (Å²) >= 11 is 0. The summed E-state index contributed by atoms with van der Waals surface area (Å²) in [6.45, 7) is 0. The predicted molar refractivity (Wildman–Crippen MR) is 266 cm³/mol. The SMILES string of the molecule is c1ccc(-c2ccc3c4cc(N(c5ccc6c(c5)c5c(-c7ccccc7)cccc5n6-c5ccccc5)c5ccccc5-c5ccccc5)ccc4n(-c4ccccc4)c3c2)cc1. The number of aromatic nitrogens is 2. The molecule has 0 saturated heterocycles. The lowest BCUT2D eigenvalue weighted by Crippen LogP contribution is -2.11. The first kappa shape index (κ1) is 36.5. The summed E-state index contributed by atoms with van der Waals surface area (Å²) in [6, 6.07) is 90.2. The molecular weight excluding hydrogens is 763 g/mol. The van der Waals surface area contributed by atoms with Crippen molar-refractivity contribution in [1.82, 2.24) is 9.13 Å². The smallest absolute Gasteiger partial charge is 0.0547 e. The van der Waals surface area contributed by atoms with Crippen LogP contribution in [0.2, 0.25) is 0 Å². The van der Waals surface area contributed by atoms with E-state index >= 15 is 0 Å². The number of benzene rings is 10. The van der Waals surface area contributed by atoms with Gasteiger partial charge in [0.1, 0.15) is 0 Å². The molecule has 63 heavy (non-hydrogen) atoms. The van der Waals surface area contributed by atoms with Gasteiger partial charge in [-0.25, -0.2) is 0 Å². The molecule has 0 aliphatic carbocycles. The van der Waals surface area contributed by atoms with Gasteiger partial charge in [-0.3, -0.25) is 0 Å². The first-order valence-corrected chi connectivity index (χ1v) is 21.6. The minimum atomic E-state index is 1.08. The Kier molecular flexibility index (Phi) is 8.83. The van der Waals surface area contributed by atoms with Crippen molar-refractivity contribution >= 4 is 60.7 Å². The average Bonchev–Trinajstić information content (AvgIpc) is 3.87. The Morgan fingerprint density at radius 2 is 0.762 bits per heavy atom. The van der Waals surface area contributed by atoms with Crippen molar-refractivity contribution in [3.8, 4) is 44.8 Å². The van der Waals surface area contributed by atoms with Gasteiger partial charge < -0.3 is 14.0 Å². The maximum Gasteiger partial charge on any atom is 0.0547 e. The van der Waals surface area contributed by atoms with Gasteiger partial charge in [0.2, 0.25) is 0 Å². The van der Waals surface area contributed by atoms with Gasteiger partial charge >= 0.3 is 0 Å². The van der Waals surface area contributed by atoms with Crippen LogP contribution in [-0.4, -0.2) is 9.13 Å². The predicted octanol–water partition coefficient (Wildman–Crippen LogP) is 16.4. The molecule has 0 N–H and O–H groups in total. The van der Waals surface area contributed by atoms with Crippen LogP contribution in [-0.2, 0) is 0 Å². The highest BCUT2D eigenvalue weighted by Gasteiger charge is 2.23. The first-order chi connectivity index (χ1) is 31.3. The molecule has 0 aliphatic heterocycles. The highest BCUT2D eigenvalue weighted by atomic mass is 15.1. The fourth-order valence-corrected chi connectivity index (χ4v) is 9.68. The molecule has 12 aromatic rings. The van der Waals surface area contributed by atoms with Crippen molar-refractivity contribution in [1.29, 1.82) is 0 Å². The van der Waals surface area contributed by atoms with Gasteiger partial charge in [-0.05, 0) is 107 Å². The molecule has 2 aromatic heterocycles. The third kappa shape index (κ3) is 6.21. The van der Waals surface area contributed by atoms with Crippen molar-refractivity contribution in [3.63, 3.8) is 0 Å². The van der Waals surface area contributed by atoms with Gasteiger partial charge in [0.25, 0.3) is 0 Å². The molecule has 0 unspecified atom stereocenters. The highest BCUT2D eigenvalue weighted by Crippen LogP contribution is 2.46. The molecule has 0 saturated carbocycles. The van der Waals surface area contributed by atoms with Gasteiger partial charge in [0.05, 0.1) is 27.8 Å². The molecule has 0 bridgehead atoms. The Labute approximate surface area is 366 Å². The summed E-state index contributed by atoms with van der Waals surface area (Å²) in [4.78, 5) is 2.46. The molecule has 0 atom stereocenters. The number of hydrogen-bond acceptors (Lipinski definition) is 1. The number of hydrogen-bond donors (Lipinski definition) is 0. The van der Waals surface area contributed by atoms with E-state index in [0.29, 0.717) is 0 Å². The molecule has 3 heteroatoms. The van der Waals surface area contributed by atoms with E-state index in [4.69, 9.17) is 0 Å². The third-order valence-corrected chi connectivity index (χ3v) is 12.5. The van der Waals surface area contributed by atoms with Crippen molar-refractivity contribution < 1.29 is 0 Å². The van der Waals surface area contributed by atoms with Crippen molar-refractivity contribution in [2.75, 3.05) is 4.90 Å². The van der Waals surface area contributed by atoms with E-state index in [0.717, 1.165) is 45.0 Å². The summed E-state index contributed by atoms with van der Waals surface area (Å²) in [5, 5.41) is 4.83. The lowest BCUT2D eigenvalue weighted by molar-refractivity contribution is 1.18. The number of fused-ring (bicyclic) bond motifs is 6. The molecular formula is C60H41N3. The number of anilines is 3. The maximum absolute atomic E-state index is 2.46. The zero-order valence-corrected chi connectivity index (χ0v) is 34.5. The first-order valence-electron chi connectivity index (χ1n) is 21.6. The zero-order valence-electron chi connectivity index (χ0n) is 34.5. The second-order valence-electron chi connectivity index (χ2n) is 16.1. The summed E-state index contributed by atoms with van der Waals surface area (Å²) in [6.07, 6.45) is 0. The second-order valence-corrected chi connectivity index (χ2v) is 16.1. The van der Waals surface area contributed by atoms with Crippen molar-refractivity contribution in [2.45, 2.75) is 0 Å². The molecule has 12 rings (SSSR count). The molecule has 0 aliphatic rings. The Bertz CT molecular complexity index is 3590. The van der Waals surface area contributed by atoms with Crippen LogP contribution in [0, 0.1) is 0 Å². The van der Waals surface area contributed by atoms with E-state index in [1.807, 2.05) is 0 Å². The molecule has 0 amide bonds. The fourth-order valence-electron chi connectivity index (χ4n) is 9.68. The van der Waals surface area contributed by atoms with Gasteiger partial charge in [-0.2, -0.15) is 0 Å². The van der Waals surface area contributed by atoms with Crippen LogP contribution in [0.1, 0.15) is 0 Å². The Balaban J connectivity index is 1.14. The molecule has 10 aromatic carbocycles. The van der Waals surface area contributed by atoms with E-state index in [2.05, 4.69) is 263 Å². The molecule has 0 spiro atoms. The fraction of sp³-hybridized carbons (Fsp3) is 0. The topological polar surface area (TPSA) is 13.1 Å². The Hall–Kier alpha value is -8.40. The monoisotopic (exact) mass is 803 g/mol. The number of nitrogens with zero attached hydrogens (tertiary/aromatic N) is 3. The minimum absolute atomic E-state index is 1.08. The van der Waals surface area contributed by atoms with Crippen LogP contribution >= 0.6 is 0 Å². The van der Waals surface area contributed by atoms with Crippen LogP contribution < -0.4 is 4.90 Å². The molecule has 2 heterocycles. The van der Waals surface area contributed by atoms with Gasteiger partial charge in [0, 0.05) is 49.9 Å². The summed E-state index contributed by atoms with van der Waals surface area (Å²) in [5.41, 5.74) is 17.4. The molecule has 3 nitrogen and oxygen atoms in total. The lowest BCUT2D eigenvalue weighted by Gasteiger charge is -2.28. The van der Waals surface area contributed by atoms with Crippen LogP contribution in [0.4, 0.5) is 17.1 Å². The maximum atomic E-state index is 2.46. The average molecular weight is 804 g/mol. The van der Waals surface area contributed by atoms with Crippen molar-refractivity contribution in [3.05, 3.63) is 249 Å². The Morgan fingerprint density at radius 1 is 0.270 bits per heavy atom. The van der Waals surface area contributed by atoms with Crippen LogP contribution in [0.5, 0.6) is 0 Å². The second kappa shape index (κ2) is 15.3. The highest BCUT2D eigenvalue weighted by molar-refractivity contribution is 6.17. The quantitative estimate of drug-likeness (QED) is 0.149. The van der Waals surface area contributed by atoms with Gasteiger partial charge in [-0.1, -0.05) is 170 Å². The van der Waals surface area contributed by atoms with Crippen LogP contribution in [0.25, 0.3) is 88.4 Å². The van der Waals surface area contributed by atoms with E-state index < -0.39 is 0 Å². The van der Waals surface area contributed by atoms with Crippen LogP contribution in [0.3, 0.4) is 0 Å². The number of rotatable bonds is 8. The van der Waals surface area contributed by atoms with E-state index in [1.54, 1.807) is 0 Å². The van der Waals surface area contributed by atoms with E-state index in [1.165, 1.54) is 60.4 Å². The molecule has 0 fully saturated rings. The lowest BCUT2D eigenvalue weighted by atomic mass is 9.98. The van der Waals surface area contributed by atoms with E-state index in [-0.39, 0.29) is 0 Å². The van der Waals surface area contributed by atoms with Gasteiger partial charge in [0.15, 0.2) is 0 Å². The van der Waals surface area contributed by atoms with Crippen LogP contribution in [0.15, 0.2) is 249 Å². The normalized spacial score (nSPS) is 11.5. The zero-order chi connectivity index (χ0) is 41.7.